The molecule has 5 nitrogen and oxygen atoms in total. The smallest absolute Gasteiger partial charge is 0.416 e. The van der Waals surface area contributed by atoms with E-state index in [-0.39, 0.29) is 11.3 Å². The summed E-state index contributed by atoms with van der Waals surface area (Å²) in [5.41, 5.74) is -0.156. The fraction of sp³-hybridized carbons (Fsp3) is 0.158. The topological polar surface area (TPSA) is 67.0 Å². The largest absolute Gasteiger partial charge is 0.497 e. The van der Waals surface area contributed by atoms with Gasteiger partial charge in [-0.05, 0) is 42.0 Å². The number of aromatic nitrogens is 2. The number of carbonyl (C=O) groups is 1. The van der Waals surface area contributed by atoms with Crippen LogP contribution in [0.3, 0.4) is 0 Å². The van der Waals surface area contributed by atoms with Crippen LogP contribution in [0.5, 0.6) is 5.75 Å². The number of H-pyrrole nitrogens is 1. The first-order chi connectivity index (χ1) is 13.3. The molecule has 1 heterocycles. The van der Waals surface area contributed by atoms with Gasteiger partial charge in [-0.2, -0.15) is 18.3 Å². The zero-order chi connectivity index (χ0) is 20.3. The van der Waals surface area contributed by atoms with E-state index in [0.717, 1.165) is 12.1 Å². The predicted molar refractivity (Wildman–Crippen MR) is 93.1 cm³/mol. The third kappa shape index (κ3) is 4.30. The molecule has 1 aromatic heterocycles. The van der Waals surface area contributed by atoms with Crippen molar-refractivity contribution in [1.82, 2.24) is 15.5 Å². The van der Waals surface area contributed by atoms with Crippen LogP contribution in [-0.4, -0.2) is 23.2 Å². The number of ether oxygens (including phenoxy) is 1. The molecule has 0 saturated heterocycles. The number of hydrogen-bond donors (Lipinski definition) is 2. The van der Waals surface area contributed by atoms with Gasteiger partial charge in [-0.25, -0.2) is 4.39 Å². The van der Waals surface area contributed by atoms with E-state index >= 15 is 0 Å². The third-order valence-corrected chi connectivity index (χ3v) is 4.00. The van der Waals surface area contributed by atoms with E-state index in [9.17, 15) is 22.4 Å². The molecule has 0 bridgehead atoms. The Morgan fingerprint density at radius 3 is 2.68 bits per heavy atom. The van der Waals surface area contributed by atoms with Gasteiger partial charge in [0, 0.05) is 12.1 Å². The number of amides is 1. The Balaban J connectivity index is 1.75. The fourth-order valence-electron chi connectivity index (χ4n) is 2.62. The number of methoxy groups -OCH3 is 1. The van der Waals surface area contributed by atoms with Crippen LogP contribution in [0.2, 0.25) is 0 Å². The van der Waals surface area contributed by atoms with Crippen molar-refractivity contribution in [3.8, 4) is 17.0 Å². The lowest BCUT2D eigenvalue weighted by Gasteiger charge is -2.13. The van der Waals surface area contributed by atoms with Crippen LogP contribution >= 0.6 is 0 Å². The van der Waals surface area contributed by atoms with Crippen molar-refractivity contribution in [2.45, 2.75) is 12.7 Å². The summed E-state index contributed by atoms with van der Waals surface area (Å²) in [4.78, 5) is 12.2. The standard InChI is InChI=1S/C19H15F4N3O2/c1-28-14-4-2-3-11(8-14)16-9-17(26-25-16)18(27)24-10-12-7-13(20)5-6-15(12)19(21,22)23/h2-9H,10H2,1H3,(H,24,27)(H,25,26). The van der Waals surface area contributed by atoms with Gasteiger partial charge in [0.05, 0.1) is 18.4 Å². The van der Waals surface area contributed by atoms with Crippen molar-refractivity contribution >= 4 is 5.91 Å². The maximum absolute atomic E-state index is 13.3. The molecular formula is C19H15F4N3O2. The van der Waals surface area contributed by atoms with Gasteiger partial charge in [-0.15, -0.1) is 0 Å². The molecule has 3 aromatic rings. The number of benzene rings is 2. The number of alkyl halides is 3. The monoisotopic (exact) mass is 393 g/mol. The quantitative estimate of drug-likeness (QED) is 0.640. The molecule has 0 atom stereocenters. The molecule has 146 valence electrons. The Morgan fingerprint density at radius 1 is 1.18 bits per heavy atom. The summed E-state index contributed by atoms with van der Waals surface area (Å²) < 4.78 is 57.5. The van der Waals surface area contributed by atoms with Gasteiger partial charge in [0.25, 0.3) is 5.91 Å². The molecule has 0 aliphatic rings. The Labute approximate surface area is 157 Å². The molecule has 0 aliphatic carbocycles. The molecule has 3 rings (SSSR count). The molecule has 0 fully saturated rings. The first kappa shape index (κ1) is 19.4. The van der Waals surface area contributed by atoms with E-state index in [1.165, 1.54) is 13.2 Å². The lowest BCUT2D eigenvalue weighted by atomic mass is 10.1. The number of aromatic amines is 1. The minimum Gasteiger partial charge on any atom is -0.497 e. The van der Waals surface area contributed by atoms with Crippen LogP contribution in [0.1, 0.15) is 21.6 Å². The van der Waals surface area contributed by atoms with Gasteiger partial charge in [0.15, 0.2) is 0 Å². The second-order valence-electron chi connectivity index (χ2n) is 5.88. The number of rotatable bonds is 5. The molecule has 9 heteroatoms. The first-order valence-corrected chi connectivity index (χ1v) is 8.11. The Kier molecular flexibility index (Phi) is 5.34. The normalized spacial score (nSPS) is 11.3. The van der Waals surface area contributed by atoms with Crippen molar-refractivity contribution in [3.05, 3.63) is 71.2 Å². The van der Waals surface area contributed by atoms with Gasteiger partial charge in [0.2, 0.25) is 0 Å². The highest BCUT2D eigenvalue weighted by Crippen LogP contribution is 2.32. The van der Waals surface area contributed by atoms with Crippen molar-refractivity contribution in [3.63, 3.8) is 0 Å². The van der Waals surface area contributed by atoms with Crippen molar-refractivity contribution in [2.24, 2.45) is 0 Å². The summed E-state index contributed by atoms with van der Waals surface area (Å²) in [6, 6.07) is 10.6. The van der Waals surface area contributed by atoms with Crippen LogP contribution in [0.15, 0.2) is 48.5 Å². The molecule has 0 saturated carbocycles. The van der Waals surface area contributed by atoms with Crippen molar-refractivity contribution < 1.29 is 27.1 Å². The summed E-state index contributed by atoms with van der Waals surface area (Å²) >= 11 is 0. The van der Waals surface area contributed by atoms with E-state index < -0.39 is 30.0 Å². The summed E-state index contributed by atoms with van der Waals surface area (Å²) in [7, 11) is 1.52. The lowest BCUT2D eigenvalue weighted by Crippen LogP contribution is -2.25. The predicted octanol–water partition coefficient (Wildman–Crippen LogP) is 4.17. The average molecular weight is 393 g/mol. The molecule has 0 spiro atoms. The van der Waals surface area contributed by atoms with E-state index in [1.54, 1.807) is 24.3 Å². The zero-order valence-electron chi connectivity index (χ0n) is 14.6. The van der Waals surface area contributed by atoms with Crippen molar-refractivity contribution in [2.75, 3.05) is 7.11 Å². The maximum Gasteiger partial charge on any atom is 0.416 e. The van der Waals surface area contributed by atoms with E-state index in [0.29, 0.717) is 23.1 Å². The van der Waals surface area contributed by atoms with E-state index in [1.807, 2.05) is 0 Å². The highest BCUT2D eigenvalue weighted by molar-refractivity contribution is 5.93. The Hall–Kier alpha value is -3.36. The Morgan fingerprint density at radius 2 is 1.96 bits per heavy atom. The van der Waals surface area contributed by atoms with Crippen LogP contribution in [0.25, 0.3) is 11.3 Å². The summed E-state index contributed by atoms with van der Waals surface area (Å²) in [5, 5.41) is 8.90. The molecule has 2 aromatic carbocycles. The summed E-state index contributed by atoms with van der Waals surface area (Å²) in [6.07, 6.45) is -4.65. The van der Waals surface area contributed by atoms with Gasteiger partial charge in [-0.1, -0.05) is 12.1 Å². The minimum atomic E-state index is -4.65. The number of nitrogens with one attached hydrogen (secondary N) is 2. The van der Waals surface area contributed by atoms with Gasteiger partial charge >= 0.3 is 6.18 Å². The molecule has 0 radical (unpaired) electrons. The van der Waals surface area contributed by atoms with E-state index in [2.05, 4.69) is 15.5 Å². The van der Waals surface area contributed by atoms with Gasteiger partial charge in [-0.3, -0.25) is 9.89 Å². The zero-order valence-corrected chi connectivity index (χ0v) is 14.6. The number of carbonyl (C=O) groups excluding carboxylic acids is 1. The van der Waals surface area contributed by atoms with Crippen molar-refractivity contribution in [1.29, 1.82) is 0 Å². The fourth-order valence-corrected chi connectivity index (χ4v) is 2.62. The maximum atomic E-state index is 13.3. The highest BCUT2D eigenvalue weighted by Gasteiger charge is 2.33. The minimum absolute atomic E-state index is 0.0581. The summed E-state index contributed by atoms with van der Waals surface area (Å²) in [6.45, 7) is -0.487. The number of nitrogens with zero attached hydrogens (tertiary/aromatic N) is 1. The van der Waals surface area contributed by atoms with Crippen LogP contribution < -0.4 is 10.1 Å². The van der Waals surface area contributed by atoms with E-state index in [4.69, 9.17) is 4.74 Å². The second kappa shape index (κ2) is 7.71. The lowest BCUT2D eigenvalue weighted by molar-refractivity contribution is -0.138. The number of halogens is 4. The highest BCUT2D eigenvalue weighted by atomic mass is 19.4. The van der Waals surface area contributed by atoms with Crippen LogP contribution in [0.4, 0.5) is 17.6 Å². The molecule has 2 N–H and O–H groups in total. The molecule has 1 amide bonds. The van der Waals surface area contributed by atoms with Crippen LogP contribution in [-0.2, 0) is 12.7 Å². The molecule has 0 unspecified atom stereocenters. The molecular weight excluding hydrogens is 378 g/mol. The molecule has 28 heavy (non-hydrogen) atoms. The van der Waals surface area contributed by atoms with Gasteiger partial charge in [0.1, 0.15) is 17.3 Å². The summed E-state index contributed by atoms with van der Waals surface area (Å²) in [5.74, 6) is -0.879. The van der Waals surface area contributed by atoms with Gasteiger partial charge < -0.3 is 10.1 Å². The second-order valence-corrected chi connectivity index (χ2v) is 5.88. The molecule has 0 aliphatic heterocycles. The SMILES string of the molecule is COc1cccc(-c2cc(C(=O)NCc3cc(F)ccc3C(F)(F)F)[nH]n2)c1. The van der Waals surface area contributed by atoms with Crippen LogP contribution in [0, 0.1) is 5.82 Å². The average Bonchev–Trinajstić information content (AvgIpc) is 3.15. The Bertz CT molecular complexity index is 999. The number of hydrogen-bond acceptors (Lipinski definition) is 3. The first-order valence-electron chi connectivity index (χ1n) is 8.11. The third-order valence-electron chi connectivity index (χ3n) is 4.00.